The Morgan fingerprint density at radius 1 is 1.28 bits per heavy atom. The Hall–Kier alpha value is -1.06. The van der Waals surface area contributed by atoms with E-state index in [1.165, 1.54) is 16.3 Å². The molecule has 3 heteroatoms. The van der Waals surface area contributed by atoms with Gasteiger partial charge in [-0.1, -0.05) is 32.0 Å². The average molecular weight is 260 g/mol. The molecule has 1 atom stereocenters. The lowest BCUT2D eigenvalue weighted by Gasteiger charge is -2.19. The van der Waals surface area contributed by atoms with Crippen molar-refractivity contribution in [2.45, 2.75) is 19.9 Å². The zero-order chi connectivity index (χ0) is 12.8. The molecule has 1 aromatic heterocycles. The number of nitrogens with one attached hydrogen (secondary N) is 1. The van der Waals surface area contributed by atoms with Crippen LogP contribution < -0.4 is 5.32 Å². The molecule has 2 aromatic rings. The van der Waals surface area contributed by atoms with E-state index >= 15 is 0 Å². The highest BCUT2D eigenvalue weighted by Crippen LogP contribution is 2.26. The molecule has 96 valence electrons. The highest BCUT2D eigenvalue weighted by atomic mass is 32.2. The van der Waals surface area contributed by atoms with Crippen molar-refractivity contribution in [3.05, 3.63) is 42.2 Å². The lowest BCUT2D eigenvalue weighted by Crippen LogP contribution is -2.23. The van der Waals surface area contributed by atoms with Gasteiger partial charge in [0.15, 0.2) is 0 Å². The fraction of sp³-hybridized carbons (Fsp3) is 0.400. The van der Waals surface area contributed by atoms with E-state index in [-0.39, 0.29) is 0 Å². The first kappa shape index (κ1) is 13.4. The largest absolute Gasteiger partial charge is 0.309 e. The Labute approximate surface area is 113 Å². The molecule has 18 heavy (non-hydrogen) atoms. The van der Waals surface area contributed by atoms with Crippen molar-refractivity contribution in [2.75, 3.05) is 18.1 Å². The molecule has 2 nitrogen and oxygen atoms in total. The van der Waals surface area contributed by atoms with Gasteiger partial charge >= 0.3 is 0 Å². The molecular weight excluding hydrogens is 240 g/mol. The van der Waals surface area contributed by atoms with Crippen molar-refractivity contribution in [2.24, 2.45) is 0 Å². The van der Waals surface area contributed by atoms with Gasteiger partial charge < -0.3 is 5.32 Å². The third kappa shape index (κ3) is 3.03. The standard InChI is InChI=1S/C15H20N2S/c1-3-17-15(11-18-4-2)14-7-5-6-12-10-16-9-8-13(12)14/h5-10,15,17H,3-4,11H2,1-2H3. The molecule has 0 aliphatic rings. The van der Waals surface area contributed by atoms with Crippen LogP contribution in [0.2, 0.25) is 0 Å². The molecule has 0 saturated carbocycles. The summed E-state index contributed by atoms with van der Waals surface area (Å²) < 4.78 is 0. The Balaban J connectivity index is 2.36. The van der Waals surface area contributed by atoms with Gasteiger partial charge in [0.05, 0.1) is 0 Å². The maximum absolute atomic E-state index is 4.20. The number of hydrogen-bond acceptors (Lipinski definition) is 3. The smallest absolute Gasteiger partial charge is 0.0417 e. The maximum Gasteiger partial charge on any atom is 0.0417 e. The molecule has 1 aromatic carbocycles. The van der Waals surface area contributed by atoms with Crippen molar-refractivity contribution >= 4 is 22.5 Å². The lowest BCUT2D eigenvalue weighted by molar-refractivity contribution is 0.610. The van der Waals surface area contributed by atoms with Gasteiger partial charge in [-0.2, -0.15) is 11.8 Å². The summed E-state index contributed by atoms with van der Waals surface area (Å²) in [6.07, 6.45) is 3.82. The third-order valence-electron chi connectivity index (χ3n) is 3.03. The molecule has 0 aliphatic carbocycles. The van der Waals surface area contributed by atoms with Crippen LogP contribution in [0.4, 0.5) is 0 Å². The summed E-state index contributed by atoms with van der Waals surface area (Å²) >= 11 is 1.98. The predicted molar refractivity (Wildman–Crippen MR) is 81.2 cm³/mol. The SMILES string of the molecule is CCNC(CSCC)c1cccc2cnccc12. The molecule has 0 saturated heterocycles. The Morgan fingerprint density at radius 3 is 2.94 bits per heavy atom. The molecule has 0 bridgehead atoms. The number of rotatable bonds is 6. The topological polar surface area (TPSA) is 24.9 Å². The number of thioether (sulfide) groups is 1. The molecule has 1 heterocycles. The summed E-state index contributed by atoms with van der Waals surface area (Å²) in [7, 11) is 0. The van der Waals surface area contributed by atoms with E-state index in [0.29, 0.717) is 6.04 Å². The number of nitrogens with zero attached hydrogens (tertiary/aromatic N) is 1. The van der Waals surface area contributed by atoms with Gasteiger partial charge in [0.1, 0.15) is 0 Å². The van der Waals surface area contributed by atoms with Crippen LogP contribution in [-0.2, 0) is 0 Å². The van der Waals surface area contributed by atoms with Gasteiger partial charge in [0.25, 0.3) is 0 Å². The van der Waals surface area contributed by atoms with E-state index in [1.807, 2.05) is 24.2 Å². The zero-order valence-electron chi connectivity index (χ0n) is 11.0. The van der Waals surface area contributed by atoms with Gasteiger partial charge in [-0.15, -0.1) is 0 Å². The van der Waals surface area contributed by atoms with E-state index in [9.17, 15) is 0 Å². The van der Waals surface area contributed by atoms with Crippen LogP contribution in [0.3, 0.4) is 0 Å². The number of fused-ring (bicyclic) bond motifs is 1. The monoisotopic (exact) mass is 260 g/mol. The molecule has 0 aliphatic heterocycles. The molecule has 0 spiro atoms. The van der Waals surface area contributed by atoms with Crippen LogP contribution in [0.25, 0.3) is 10.8 Å². The Bertz CT molecular complexity index is 493. The predicted octanol–water partition coefficient (Wildman–Crippen LogP) is 3.64. The average Bonchev–Trinajstić information content (AvgIpc) is 2.43. The first-order valence-electron chi connectivity index (χ1n) is 6.50. The van der Waals surface area contributed by atoms with Crippen LogP contribution in [-0.4, -0.2) is 23.0 Å². The summed E-state index contributed by atoms with van der Waals surface area (Å²) in [6.45, 7) is 5.37. The highest BCUT2D eigenvalue weighted by molar-refractivity contribution is 7.99. The van der Waals surface area contributed by atoms with Crippen molar-refractivity contribution in [3.63, 3.8) is 0 Å². The minimum absolute atomic E-state index is 0.422. The van der Waals surface area contributed by atoms with Gasteiger partial charge in [-0.25, -0.2) is 0 Å². The van der Waals surface area contributed by atoms with Crippen LogP contribution >= 0.6 is 11.8 Å². The minimum atomic E-state index is 0.422. The van der Waals surface area contributed by atoms with Gasteiger partial charge in [-0.05, 0) is 29.3 Å². The molecular formula is C15H20N2S. The van der Waals surface area contributed by atoms with Crippen molar-refractivity contribution < 1.29 is 0 Å². The number of hydrogen-bond donors (Lipinski definition) is 1. The molecule has 1 unspecified atom stereocenters. The molecule has 2 rings (SSSR count). The normalized spacial score (nSPS) is 12.8. The van der Waals surface area contributed by atoms with E-state index in [0.717, 1.165) is 18.1 Å². The van der Waals surface area contributed by atoms with Crippen LogP contribution in [0.1, 0.15) is 25.5 Å². The van der Waals surface area contributed by atoms with Crippen molar-refractivity contribution in [3.8, 4) is 0 Å². The first-order chi connectivity index (χ1) is 8.86. The molecule has 0 amide bonds. The maximum atomic E-state index is 4.20. The Kier molecular flexibility index (Phi) is 5.02. The Morgan fingerprint density at radius 2 is 2.17 bits per heavy atom. The molecule has 1 N–H and O–H groups in total. The molecule has 0 fully saturated rings. The van der Waals surface area contributed by atoms with Crippen molar-refractivity contribution in [1.82, 2.24) is 10.3 Å². The second kappa shape index (κ2) is 6.76. The quantitative estimate of drug-likeness (QED) is 0.858. The summed E-state index contributed by atoms with van der Waals surface area (Å²) in [6, 6.07) is 9.02. The van der Waals surface area contributed by atoms with Gasteiger partial charge in [0.2, 0.25) is 0 Å². The highest BCUT2D eigenvalue weighted by Gasteiger charge is 2.12. The fourth-order valence-electron chi connectivity index (χ4n) is 2.19. The zero-order valence-corrected chi connectivity index (χ0v) is 11.8. The number of pyridine rings is 1. The van der Waals surface area contributed by atoms with Gasteiger partial charge in [-0.3, -0.25) is 4.98 Å². The number of aromatic nitrogens is 1. The minimum Gasteiger partial charge on any atom is -0.309 e. The van der Waals surface area contributed by atoms with Crippen molar-refractivity contribution in [1.29, 1.82) is 0 Å². The van der Waals surface area contributed by atoms with E-state index in [4.69, 9.17) is 0 Å². The van der Waals surface area contributed by atoms with Gasteiger partial charge in [0, 0.05) is 29.6 Å². The lowest BCUT2D eigenvalue weighted by atomic mass is 10.0. The second-order valence-corrected chi connectivity index (χ2v) is 5.53. The van der Waals surface area contributed by atoms with Crippen LogP contribution in [0.15, 0.2) is 36.7 Å². The summed E-state index contributed by atoms with van der Waals surface area (Å²) in [4.78, 5) is 4.20. The summed E-state index contributed by atoms with van der Waals surface area (Å²) in [5.74, 6) is 2.28. The van der Waals surface area contributed by atoms with E-state index < -0.39 is 0 Å². The van der Waals surface area contributed by atoms with E-state index in [1.54, 1.807) is 0 Å². The first-order valence-corrected chi connectivity index (χ1v) is 7.66. The number of benzene rings is 1. The van der Waals surface area contributed by atoms with E-state index in [2.05, 4.69) is 48.4 Å². The second-order valence-electron chi connectivity index (χ2n) is 4.21. The third-order valence-corrected chi connectivity index (χ3v) is 4.01. The summed E-state index contributed by atoms with van der Waals surface area (Å²) in [5, 5.41) is 6.12. The summed E-state index contributed by atoms with van der Waals surface area (Å²) in [5.41, 5.74) is 1.39. The van der Waals surface area contributed by atoms with Crippen LogP contribution in [0, 0.1) is 0 Å². The molecule has 0 radical (unpaired) electrons. The fourth-order valence-corrected chi connectivity index (χ4v) is 2.96. The van der Waals surface area contributed by atoms with Crippen LogP contribution in [0.5, 0.6) is 0 Å².